The summed E-state index contributed by atoms with van der Waals surface area (Å²) in [6.07, 6.45) is 9.89. The van der Waals surface area contributed by atoms with E-state index >= 15 is 0 Å². The van der Waals surface area contributed by atoms with Crippen molar-refractivity contribution in [1.29, 1.82) is 0 Å². The summed E-state index contributed by atoms with van der Waals surface area (Å²) in [6, 6.07) is 1.80. The molecule has 3 N–H and O–H groups in total. The molecule has 0 saturated heterocycles. The molecule has 2 aliphatic rings. The van der Waals surface area contributed by atoms with Crippen molar-refractivity contribution in [3.8, 4) is 5.88 Å². The lowest BCUT2D eigenvalue weighted by molar-refractivity contribution is -0.0420. The van der Waals surface area contributed by atoms with Crippen LogP contribution >= 0.6 is 11.3 Å². The number of amides is 1. The van der Waals surface area contributed by atoms with Crippen LogP contribution in [0.1, 0.15) is 79.7 Å². The monoisotopic (exact) mass is 484 g/mol. The molecule has 3 heterocycles. The van der Waals surface area contributed by atoms with E-state index < -0.39 is 12.1 Å². The van der Waals surface area contributed by atoms with Crippen molar-refractivity contribution < 1.29 is 14.6 Å². The van der Waals surface area contributed by atoms with Crippen molar-refractivity contribution in [2.24, 2.45) is 5.41 Å². The maximum atomic E-state index is 12.5. The first-order chi connectivity index (χ1) is 16.2. The number of aliphatic hydroxyl groups excluding tert-OH is 1. The van der Waals surface area contributed by atoms with Crippen LogP contribution < -0.4 is 15.4 Å². The van der Waals surface area contributed by atoms with Crippen LogP contribution in [0.15, 0.2) is 36.6 Å². The lowest BCUT2D eigenvalue weighted by Gasteiger charge is -2.47. The minimum atomic E-state index is -0.774. The average molecular weight is 485 g/mol. The molecule has 184 valence electrons. The van der Waals surface area contributed by atoms with Crippen LogP contribution in [0.5, 0.6) is 5.88 Å². The van der Waals surface area contributed by atoms with E-state index in [1.165, 1.54) is 23.1 Å². The average Bonchev–Trinajstić information content (AvgIpc) is 3.30. The fourth-order valence-corrected chi connectivity index (χ4v) is 5.33. The van der Waals surface area contributed by atoms with Gasteiger partial charge in [0.1, 0.15) is 10.5 Å². The van der Waals surface area contributed by atoms with E-state index in [1.807, 2.05) is 6.20 Å². The topological polar surface area (TPSA) is 96.4 Å². The summed E-state index contributed by atoms with van der Waals surface area (Å²) in [7, 11) is 0. The van der Waals surface area contributed by atoms with Gasteiger partial charge in [0.2, 0.25) is 5.88 Å². The van der Waals surface area contributed by atoms with E-state index in [2.05, 4.69) is 49.0 Å². The van der Waals surface area contributed by atoms with Crippen LogP contribution in [0, 0.1) is 5.41 Å². The second kappa shape index (κ2) is 10.1. The highest BCUT2D eigenvalue weighted by atomic mass is 32.1. The SMILES string of the molecule is C=CC[C@H](NC(=O)c1cncs1)[C@H](O)CN[C@H]1CC2(CCC2)Oc2ncc(CC(C)(C)C)cc21. The predicted molar refractivity (Wildman–Crippen MR) is 134 cm³/mol. The predicted octanol–water partition coefficient (Wildman–Crippen LogP) is 4.20. The zero-order valence-electron chi connectivity index (χ0n) is 20.3. The highest BCUT2D eigenvalue weighted by molar-refractivity contribution is 7.11. The fourth-order valence-electron chi connectivity index (χ4n) is 4.81. The molecule has 4 rings (SSSR count). The number of aliphatic hydroxyl groups is 1. The Labute approximate surface area is 206 Å². The molecule has 0 unspecified atom stereocenters. The molecule has 1 aliphatic carbocycles. The third kappa shape index (κ3) is 5.85. The Morgan fingerprint density at radius 3 is 2.82 bits per heavy atom. The summed E-state index contributed by atoms with van der Waals surface area (Å²) in [5.74, 6) is 0.478. The fraction of sp³-hybridized carbons (Fsp3) is 0.577. The number of nitrogens with zero attached hydrogens (tertiary/aromatic N) is 2. The highest BCUT2D eigenvalue weighted by Gasteiger charge is 2.46. The summed E-state index contributed by atoms with van der Waals surface area (Å²) >= 11 is 1.28. The van der Waals surface area contributed by atoms with Gasteiger partial charge in [-0.05, 0) is 49.1 Å². The normalized spacial score (nSPS) is 20.5. The van der Waals surface area contributed by atoms with Gasteiger partial charge >= 0.3 is 0 Å². The van der Waals surface area contributed by atoms with E-state index in [0.717, 1.165) is 37.7 Å². The van der Waals surface area contributed by atoms with Crippen molar-refractivity contribution in [2.45, 2.75) is 83.1 Å². The van der Waals surface area contributed by atoms with Crippen LogP contribution in [0.2, 0.25) is 0 Å². The van der Waals surface area contributed by atoms with Gasteiger partial charge < -0.3 is 20.5 Å². The molecule has 34 heavy (non-hydrogen) atoms. The molecule has 0 aromatic carbocycles. The molecule has 2 aromatic rings. The number of pyridine rings is 1. The third-order valence-electron chi connectivity index (χ3n) is 6.63. The van der Waals surface area contributed by atoms with Crippen LogP contribution in [0.3, 0.4) is 0 Å². The van der Waals surface area contributed by atoms with Gasteiger partial charge in [-0.15, -0.1) is 17.9 Å². The van der Waals surface area contributed by atoms with Gasteiger partial charge in [-0.3, -0.25) is 9.78 Å². The van der Waals surface area contributed by atoms with Gasteiger partial charge in [0.15, 0.2) is 0 Å². The molecule has 1 spiro atoms. The molecule has 2 aromatic heterocycles. The third-order valence-corrected chi connectivity index (χ3v) is 7.40. The van der Waals surface area contributed by atoms with Crippen LogP contribution in [-0.2, 0) is 6.42 Å². The Bertz CT molecular complexity index is 998. The second-order valence-corrected chi connectivity index (χ2v) is 11.7. The molecule has 0 radical (unpaired) electrons. The van der Waals surface area contributed by atoms with Gasteiger partial charge in [0.05, 0.1) is 23.9 Å². The maximum Gasteiger partial charge on any atom is 0.263 e. The number of aromatic nitrogens is 2. The molecule has 8 heteroatoms. The first-order valence-corrected chi connectivity index (χ1v) is 13.0. The molecule has 7 nitrogen and oxygen atoms in total. The molecule has 1 saturated carbocycles. The quantitative estimate of drug-likeness (QED) is 0.462. The Hall–Kier alpha value is -2.29. The van der Waals surface area contributed by atoms with Gasteiger partial charge in [-0.2, -0.15) is 0 Å². The first-order valence-electron chi connectivity index (χ1n) is 12.1. The molecule has 1 amide bonds. The summed E-state index contributed by atoms with van der Waals surface area (Å²) in [4.78, 5) is 21.7. The lowest BCUT2D eigenvalue weighted by atomic mass is 9.73. The van der Waals surface area contributed by atoms with Crippen molar-refractivity contribution in [3.63, 3.8) is 0 Å². The molecule has 3 atom stereocenters. The van der Waals surface area contributed by atoms with Gasteiger partial charge in [-0.1, -0.05) is 26.8 Å². The summed E-state index contributed by atoms with van der Waals surface area (Å²) in [5, 5.41) is 17.5. The van der Waals surface area contributed by atoms with Crippen molar-refractivity contribution >= 4 is 17.2 Å². The highest BCUT2D eigenvalue weighted by Crippen LogP contribution is 2.48. The Morgan fingerprint density at radius 2 is 2.21 bits per heavy atom. The van der Waals surface area contributed by atoms with E-state index in [-0.39, 0.29) is 23.0 Å². The smallest absolute Gasteiger partial charge is 0.263 e. The maximum absolute atomic E-state index is 12.5. The van der Waals surface area contributed by atoms with E-state index in [0.29, 0.717) is 23.7 Å². The Morgan fingerprint density at radius 1 is 1.41 bits per heavy atom. The number of nitrogens with one attached hydrogen (secondary N) is 2. The van der Waals surface area contributed by atoms with Crippen molar-refractivity contribution in [2.75, 3.05) is 6.54 Å². The largest absolute Gasteiger partial charge is 0.471 e. The second-order valence-electron chi connectivity index (χ2n) is 10.8. The van der Waals surface area contributed by atoms with E-state index in [9.17, 15) is 9.90 Å². The van der Waals surface area contributed by atoms with Gasteiger partial charge in [0, 0.05) is 30.8 Å². The summed E-state index contributed by atoms with van der Waals surface area (Å²) in [6.45, 7) is 10.8. The molecule has 1 fully saturated rings. The number of ether oxygens (including phenoxy) is 1. The Balaban J connectivity index is 1.47. The van der Waals surface area contributed by atoms with E-state index in [1.54, 1.807) is 11.6 Å². The standard InChI is InChI=1S/C26H36N4O3S/c1-5-7-19(30-23(32)22-15-27-16-34-22)21(31)14-28-20-12-26(8-6-9-26)33-24-18(20)10-17(13-29-24)11-25(2,3)4/h5,10,13,15-16,19-21,28,31H,1,6-9,11-12,14H2,2-4H3,(H,30,32)/t19-,20-,21+/m0/s1. The van der Waals surface area contributed by atoms with Crippen LogP contribution in [0.25, 0.3) is 0 Å². The Kier molecular flexibility index (Phi) is 7.40. The number of rotatable bonds is 9. The number of hydrogen-bond donors (Lipinski definition) is 3. The summed E-state index contributed by atoms with van der Waals surface area (Å²) < 4.78 is 6.37. The van der Waals surface area contributed by atoms with Gasteiger partial charge in [0.25, 0.3) is 5.91 Å². The number of thiazole rings is 1. The van der Waals surface area contributed by atoms with Gasteiger partial charge in [-0.25, -0.2) is 4.98 Å². The van der Waals surface area contributed by atoms with Crippen molar-refractivity contribution in [3.05, 3.63) is 52.6 Å². The number of fused-ring (bicyclic) bond motifs is 1. The molecular formula is C26H36N4O3S. The van der Waals surface area contributed by atoms with Crippen LogP contribution in [-0.4, -0.2) is 45.3 Å². The lowest BCUT2D eigenvalue weighted by Crippen LogP contribution is -2.52. The van der Waals surface area contributed by atoms with Crippen molar-refractivity contribution in [1.82, 2.24) is 20.6 Å². The number of hydrogen-bond acceptors (Lipinski definition) is 7. The molecule has 1 aliphatic heterocycles. The van der Waals surface area contributed by atoms with Crippen LogP contribution in [0.4, 0.5) is 0 Å². The first kappa shape index (κ1) is 24.8. The minimum Gasteiger partial charge on any atom is -0.471 e. The molecule has 0 bridgehead atoms. The number of carbonyl (C=O) groups is 1. The zero-order valence-corrected chi connectivity index (χ0v) is 21.2. The summed E-state index contributed by atoms with van der Waals surface area (Å²) in [5.41, 5.74) is 3.87. The van der Waals surface area contributed by atoms with E-state index in [4.69, 9.17) is 9.72 Å². The number of carbonyl (C=O) groups excluding carboxylic acids is 1. The molecular weight excluding hydrogens is 448 g/mol. The minimum absolute atomic E-state index is 0.0349. The zero-order chi connectivity index (χ0) is 24.3.